The van der Waals surface area contributed by atoms with Crippen molar-refractivity contribution in [3.05, 3.63) is 218 Å². The molecule has 2 unspecified atom stereocenters. The highest BCUT2D eigenvalue weighted by molar-refractivity contribution is 6.05. The van der Waals surface area contributed by atoms with Crippen molar-refractivity contribution in [1.82, 2.24) is 43.5 Å². The van der Waals surface area contributed by atoms with Gasteiger partial charge < -0.3 is 29.1 Å². The molecule has 426 valence electrons. The lowest BCUT2D eigenvalue weighted by Crippen LogP contribution is -2.23. The van der Waals surface area contributed by atoms with Crippen LogP contribution in [-0.2, 0) is 71.1 Å². The number of aromatic nitrogens is 9. The van der Waals surface area contributed by atoms with Crippen molar-refractivity contribution in [3.8, 4) is 0 Å². The fraction of sp³-hybridized carbons (Fsp3) is 0.153. The Morgan fingerprint density at radius 1 is 0.651 bits per heavy atom. The number of nitrogens with zero attached hydrogens (tertiary/aromatic N) is 8. The number of hydrogen-bond acceptors (Lipinski definition) is 12. The number of hydrogen-bond donors (Lipinski definition) is 3. The van der Waals surface area contributed by atoms with Gasteiger partial charge in [0, 0.05) is 84.0 Å². The number of benzene rings is 5. The molecule has 11 aromatic rings. The molecule has 0 fully saturated rings. The standard InChI is InChI=1S/C21H16F3N3O2.C14H12FN3O3.C11H8FN3O.C10H10O2.C3H4O2/c1-26-20-16-5-4-14(23)10-19(16)27(21(29)17(20)11-25-26)7-6-15(28)8-12-2-3-13(22)9-18(12)24;1-17-13-9-3-2-8(15)6-11(9)18(5-4-12(19)20)14(21)10(13)7-16-17;1-15-10-7-3-2-6(12)4-9(7)14-11(16)8(10)5-13-15;1-2-10(11)12-8-9-6-4-3-5-7-9;1-2-3(4)5/h2-5,9-11H,6-8H2,1H3;2-3,6-7H,4-5H2,1H3,(H,19,20);2-5H,1H3,(H,14,16);2-7H,1,8H2;2H,1H2,(H,4,5)/i6D,7D2;4D,5D2;;2*1D2,2D/hD. The van der Waals surface area contributed by atoms with Gasteiger partial charge in [0.25, 0.3) is 18.1 Å². The van der Waals surface area contributed by atoms with Crippen LogP contribution in [0.5, 0.6) is 0 Å². The van der Waals surface area contributed by atoms with Gasteiger partial charge in [-0.25, -0.2) is 31.5 Å². The van der Waals surface area contributed by atoms with Crippen LogP contribution in [0.2, 0.25) is 0 Å². The summed E-state index contributed by atoms with van der Waals surface area (Å²) < 4.78 is 173. The number of aromatic amines is 1. The first-order chi connectivity index (χ1) is 45.0. The average molecular weight is 1150 g/mol. The molecule has 6 heterocycles. The number of esters is 1. The predicted molar refractivity (Wildman–Crippen MR) is 300 cm³/mol. The molecule has 83 heavy (non-hydrogen) atoms. The monoisotopic (exact) mass is 1150 g/mol. The van der Waals surface area contributed by atoms with Crippen LogP contribution in [-0.4, -0.2) is 77.4 Å². The quantitative estimate of drug-likeness (QED) is 0.0589. The smallest absolute Gasteiger partial charge is 0.330 e. The second-order valence-corrected chi connectivity index (χ2v) is 17.2. The molecule has 0 radical (unpaired) electrons. The largest absolute Gasteiger partial charge is 0.481 e. The summed E-state index contributed by atoms with van der Waals surface area (Å²) in [4.78, 5) is 85.0. The third-order valence-corrected chi connectivity index (χ3v) is 11.8. The molecule has 3 N–H and O–H groups in total. The number of carbonyl (C=O) groups excluding carboxylic acids is 2. The number of ketones is 1. The summed E-state index contributed by atoms with van der Waals surface area (Å²) in [6.07, 6.45) is -1.15. The molecule has 19 nitrogen and oxygen atoms in total. The van der Waals surface area contributed by atoms with Crippen LogP contribution in [0.1, 0.15) is 40.4 Å². The lowest BCUT2D eigenvalue weighted by molar-refractivity contribution is -0.139. The van der Waals surface area contributed by atoms with E-state index >= 15 is 0 Å². The van der Waals surface area contributed by atoms with Gasteiger partial charge in [0.05, 0.1) is 88.0 Å². The summed E-state index contributed by atoms with van der Waals surface area (Å²) in [6.45, 7) is -7.55. The Morgan fingerprint density at radius 2 is 1.14 bits per heavy atom. The van der Waals surface area contributed by atoms with Crippen LogP contribution in [0, 0.1) is 29.1 Å². The minimum Gasteiger partial charge on any atom is -0.481 e. The number of fused-ring (bicyclic) bond motifs is 9. The zero-order valence-corrected chi connectivity index (χ0v) is 43.2. The summed E-state index contributed by atoms with van der Waals surface area (Å²) in [5, 5.41) is 26.3. The SMILES string of the molecule is Cn1ncc2c(=O)[nH]c3cc(F)ccc3c21.[2H]C(C(=O)Cc1ccc(F)cc1F)C([2H])([2H])n1c(=O)c2cnn(C)c2c2ccc(F)cc21.[2H]C(C(=O)O)C([2H])([2H])n1c(=O)c2cnn(C)c2c2ccc(F)cc21.[2H]C([2H])=C([2H])C(=O)OCc1ccccc1.[2H]OC(=O)C([2H])=C([2H])[2H]. The highest BCUT2D eigenvalue weighted by Crippen LogP contribution is 2.26. The number of carboxylic acids is 2. The molecule has 0 saturated heterocycles. The van der Waals surface area contributed by atoms with Gasteiger partial charge in [-0.1, -0.05) is 49.5 Å². The maximum absolute atomic E-state index is 14.0. The van der Waals surface area contributed by atoms with Crippen LogP contribution in [0.25, 0.3) is 66.8 Å². The maximum atomic E-state index is 14.0. The molecule has 5 aromatic carbocycles. The molecule has 0 bridgehead atoms. The third kappa shape index (κ3) is 14.2. The summed E-state index contributed by atoms with van der Waals surface area (Å²) in [5.74, 6) is -8.69. The van der Waals surface area contributed by atoms with Gasteiger partial charge in [-0.05, 0) is 71.8 Å². The number of rotatable bonds is 12. The summed E-state index contributed by atoms with van der Waals surface area (Å²) in [5.41, 5.74) is 0.200. The fourth-order valence-corrected chi connectivity index (χ4v) is 8.18. The molecule has 0 aliphatic carbocycles. The van der Waals surface area contributed by atoms with Crippen molar-refractivity contribution in [3.63, 3.8) is 0 Å². The Balaban J connectivity index is 0.000000180. The number of carbonyl (C=O) groups is 4. The Kier molecular flexibility index (Phi) is 14.1. The second-order valence-electron chi connectivity index (χ2n) is 17.2. The van der Waals surface area contributed by atoms with Gasteiger partial charge in [0.2, 0.25) is 0 Å². The number of halogens is 5. The zero-order valence-electron chi connectivity index (χ0n) is 56.2. The maximum Gasteiger partial charge on any atom is 0.330 e. The number of aryl methyl sites for hydroxylation is 5. The third-order valence-electron chi connectivity index (χ3n) is 11.8. The number of carboxylic acid groups (broad SMARTS) is 2. The van der Waals surface area contributed by atoms with Gasteiger partial charge in [-0.3, -0.25) is 38.0 Å². The molecule has 0 aliphatic heterocycles. The van der Waals surface area contributed by atoms with Crippen LogP contribution < -0.4 is 16.7 Å². The van der Waals surface area contributed by atoms with Gasteiger partial charge in [-0.15, -0.1) is 0 Å². The van der Waals surface area contributed by atoms with Crippen molar-refractivity contribution in [2.45, 2.75) is 38.8 Å². The number of nitrogens with one attached hydrogen (secondary N) is 1. The summed E-state index contributed by atoms with van der Waals surface area (Å²) >= 11 is 0. The molecule has 2 atom stereocenters. The van der Waals surface area contributed by atoms with Gasteiger partial charge in [0.15, 0.2) is 0 Å². The van der Waals surface area contributed by atoms with E-state index in [1.165, 1.54) is 52.2 Å². The van der Waals surface area contributed by atoms with Gasteiger partial charge >= 0.3 is 17.9 Å². The second kappa shape index (κ2) is 26.5. The van der Waals surface area contributed by atoms with E-state index in [9.17, 15) is 55.5 Å². The van der Waals surface area contributed by atoms with Crippen LogP contribution in [0.4, 0.5) is 22.0 Å². The molecule has 0 aliphatic rings. The van der Waals surface area contributed by atoms with E-state index < -0.39 is 115 Å². The van der Waals surface area contributed by atoms with Crippen molar-refractivity contribution in [2.75, 3.05) is 0 Å². The fourth-order valence-electron chi connectivity index (χ4n) is 8.18. The minimum atomic E-state index is -2.92. The molecule has 0 saturated carbocycles. The minimum absolute atomic E-state index is 0.0275. The van der Waals surface area contributed by atoms with Gasteiger partial charge in [-0.2, -0.15) is 15.3 Å². The molecule has 0 amide bonds. The normalized spacial score (nSPS) is 14.0. The van der Waals surface area contributed by atoms with E-state index in [0.29, 0.717) is 47.9 Å². The highest BCUT2D eigenvalue weighted by Gasteiger charge is 2.18. The summed E-state index contributed by atoms with van der Waals surface area (Å²) in [6, 6.07) is 21.1. The van der Waals surface area contributed by atoms with E-state index in [2.05, 4.69) is 25.4 Å². The van der Waals surface area contributed by atoms with E-state index in [-0.39, 0.29) is 45.4 Å². The number of ether oxygens (including phenoxy) is 1. The molecule has 11 rings (SSSR count). The highest BCUT2D eigenvalue weighted by atomic mass is 19.1. The Hall–Kier alpha value is -10.7. The lowest BCUT2D eigenvalue weighted by Gasteiger charge is -2.12. The van der Waals surface area contributed by atoms with E-state index in [1.807, 2.05) is 6.07 Å². The Bertz CT molecular complexity index is 5120. The van der Waals surface area contributed by atoms with E-state index in [1.54, 1.807) is 56.2 Å². The summed E-state index contributed by atoms with van der Waals surface area (Å²) in [7, 11) is 4.90. The van der Waals surface area contributed by atoms with Crippen molar-refractivity contribution in [2.24, 2.45) is 21.1 Å². The van der Waals surface area contributed by atoms with Crippen LogP contribution in [0.15, 0.2) is 161 Å². The van der Waals surface area contributed by atoms with Crippen molar-refractivity contribution < 1.29 is 72.5 Å². The Morgan fingerprint density at radius 3 is 1.66 bits per heavy atom. The molecule has 6 aromatic heterocycles. The molecule has 0 spiro atoms. The van der Waals surface area contributed by atoms with Crippen LogP contribution >= 0.6 is 0 Å². The molecular formula is C59H50F5N9O10. The first-order valence-corrected chi connectivity index (χ1v) is 23.7. The number of aliphatic carboxylic acids is 2. The first kappa shape index (κ1) is 44.1. The molecule has 24 heteroatoms. The Labute approximate surface area is 484 Å². The van der Waals surface area contributed by atoms with Crippen molar-refractivity contribution >= 4 is 89.1 Å². The average Bonchev–Trinajstić information content (AvgIpc) is 1.32. The van der Waals surface area contributed by atoms with Gasteiger partial charge in [0.1, 0.15) is 41.5 Å². The zero-order chi connectivity index (χ0) is 71.2. The van der Waals surface area contributed by atoms with E-state index in [0.717, 1.165) is 52.9 Å². The first-order valence-electron chi connectivity index (χ1n) is 30.3. The lowest BCUT2D eigenvalue weighted by atomic mass is 10.1. The number of Topliss-reactive ketones (excluding diaryl/α,β-unsaturated/α-hetero) is 1. The predicted octanol–water partition coefficient (Wildman–Crippen LogP) is 8.74. The van der Waals surface area contributed by atoms with Crippen molar-refractivity contribution in [1.29, 1.82) is 1.43 Å². The number of H-pyrrole nitrogens is 1. The number of pyridine rings is 3. The van der Waals surface area contributed by atoms with E-state index in [4.69, 9.17) is 27.7 Å². The topological polar surface area (TPSA) is 248 Å². The molecular weight excluding hydrogens is 1090 g/mol. The van der Waals surface area contributed by atoms with Crippen LogP contribution in [0.3, 0.4) is 0 Å².